The standard InChI is InChI=1S/C25H19Cl2IN4O4/c1-35-21-10-15(9-19(28)25(21)36-14-17-6-3-2-5-16(17)12-29)13-30-32-23(34)11-22(33)31-20-8-4-7-18(26)24(20)27/h2-10,13H,11,14H2,1H3,(H,31,33)(H,32,34). The van der Waals surface area contributed by atoms with E-state index in [0.29, 0.717) is 28.3 Å². The number of nitriles is 1. The Morgan fingerprint density at radius 3 is 2.67 bits per heavy atom. The second-order valence-corrected chi connectivity index (χ2v) is 9.16. The Labute approximate surface area is 231 Å². The molecule has 8 nitrogen and oxygen atoms in total. The van der Waals surface area contributed by atoms with Crippen LogP contribution in [0.15, 0.2) is 59.7 Å². The van der Waals surface area contributed by atoms with Crippen molar-refractivity contribution >= 4 is 69.5 Å². The number of rotatable bonds is 9. The van der Waals surface area contributed by atoms with E-state index in [1.165, 1.54) is 13.3 Å². The lowest BCUT2D eigenvalue weighted by Crippen LogP contribution is -2.24. The molecule has 0 radical (unpaired) electrons. The van der Waals surface area contributed by atoms with E-state index in [4.69, 9.17) is 32.7 Å². The summed E-state index contributed by atoms with van der Waals surface area (Å²) in [4.78, 5) is 24.2. The molecular formula is C25H19Cl2IN4O4. The normalized spacial score (nSPS) is 10.5. The Morgan fingerprint density at radius 1 is 1.14 bits per heavy atom. The number of ether oxygens (including phenoxy) is 2. The smallest absolute Gasteiger partial charge is 0.249 e. The van der Waals surface area contributed by atoms with Gasteiger partial charge in [0.1, 0.15) is 13.0 Å². The molecule has 0 atom stereocenters. The maximum atomic E-state index is 12.1. The van der Waals surface area contributed by atoms with E-state index in [0.717, 1.165) is 9.13 Å². The highest BCUT2D eigenvalue weighted by Crippen LogP contribution is 2.34. The Hall–Kier alpha value is -3.33. The van der Waals surface area contributed by atoms with Gasteiger partial charge in [0.2, 0.25) is 11.8 Å². The zero-order valence-electron chi connectivity index (χ0n) is 18.8. The molecular weight excluding hydrogens is 618 g/mol. The lowest BCUT2D eigenvalue weighted by molar-refractivity contribution is -0.126. The van der Waals surface area contributed by atoms with Gasteiger partial charge in [-0.1, -0.05) is 47.5 Å². The van der Waals surface area contributed by atoms with Crippen LogP contribution in [0.2, 0.25) is 10.0 Å². The first-order valence-corrected chi connectivity index (χ1v) is 12.2. The van der Waals surface area contributed by atoms with Crippen molar-refractivity contribution in [2.75, 3.05) is 12.4 Å². The third-order valence-electron chi connectivity index (χ3n) is 4.71. The largest absolute Gasteiger partial charge is 0.493 e. The van der Waals surface area contributed by atoms with Gasteiger partial charge in [-0.25, -0.2) is 5.43 Å². The van der Waals surface area contributed by atoms with Crippen LogP contribution in [-0.4, -0.2) is 25.1 Å². The first-order valence-electron chi connectivity index (χ1n) is 10.4. The summed E-state index contributed by atoms with van der Waals surface area (Å²) in [6.07, 6.45) is 0.959. The number of halogens is 3. The number of anilines is 1. The van der Waals surface area contributed by atoms with Crippen molar-refractivity contribution in [3.05, 3.63) is 84.9 Å². The van der Waals surface area contributed by atoms with Gasteiger partial charge in [-0.15, -0.1) is 0 Å². The van der Waals surface area contributed by atoms with Crippen LogP contribution in [0.4, 0.5) is 5.69 Å². The molecule has 0 fully saturated rings. The van der Waals surface area contributed by atoms with Gasteiger partial charge in [0.05, 0.1) is 44.3 Å². The summed E-state index contributed by atoms with van der Waals surface area (Å²) in [5.74, 6) is -0.201. The molecule has 0 spiro atoms. The summed E-state index contributed by atoms with van der Waals surface area (Å²) >= 11 is 14.1. The number of hydrogen-bond acceptors (Lipinski definition) is 6. The zero-order chi connectivity index (χ0) is 26.1. The van der Waals surface area contributed by atoms with E-state index < -0.39 is 18.2 Å². The van der Waals surface area contributed by atoms with E-state index >= 15 is 0 Å². The second-order valence-electron chi connectivity index (χ2n) is 7.21. The Kier molecular flexibility index (Phi) is 9.93. The first kappa shape index (κ1) is 27.3. The molecule has 3 rings (SSSR count). The molecule has 0 aliphatic carbocycles. The van der Waals surface area contributed by atoms with Gasteiger partial charge < -0.3 is 14.8 Å². The van der Waals surface area contributed by atoms with Gasteiger partial charge in [-0.05, 0) is 58.5 Å². The van der Waals surface area contributed by atoms with Crippen LogP contribution in [-0.2, 0) is 16.2 Å². The van der Waals surface area contributed by atoms with Gasteiger partial charge in [-0.2, -0.15) is 10.4 Å². The highest BCUT2D eigenvalue weighted by molar-refractivity contribution is 14.1. The van der Waals surface area contributed by atoms with Crippen molar-refractivity contribution < 1.29 is 19.1 Å². The first-order chi connectivity index (χ1) is 17.3. The topological polar surface area (TPSA) is 113 Å². The van der Waals surface area contributed by atoms with Crippen molar-refractivity contribution in [1.29, 1.82) is 5.26 Å². The molecule has 0 unspecified atom stereocenters. The molecule has 184 valence electrons. The number of hydrazone groups is 1. The Morgan fingerprint density at radius 2 is 1.92 bits per heavy atom. The van der Waals surface area contributed by atoms with E-state index in [-0.39, 0.29) is 16.7 Å². The van der Waals surface area contributed by atoms with E-state index in [1.807, 2.05) is 12.1 Å². The zero-order valence-corrected chi connectivity index (χ0v) is 22.5. The number of benzene rings is 3. The molecule has 2 amide bonds. The van der Waals surface area contributed by atoms with Crippen molar-refractivity contribution in [3.63, 3.8) is 0 Å². The summed E-state index contributed by atoms with van der Waals surface area (Å²) in [6, 6.07) is 17.6. The van der Waals surface area contributed by atoms with Crippen LogP contribution >= 0.6 is 45.8 Å². The van der Waals surface area contributed by atoms with Gasteiger partial charge in [0.25, 0.3) is 0 Å². The van der Waals surface area contributed by atoms with Crippen LogP contribution in [0, 0.1) is 14.9 Å². The predicted octanol–water partition coefficient (Wildman–Crippen LogP) is 5.54. The molecule has 0 aliphatic heterocycles. The summed E-state index contributed by atoms with van der Waals surface area (Å²) in [5.41, 5.74) is 4.55. The molecule has 0 heterocycles. The Balaban J connectivity index is 1.60. The SMILES string of the molecule is COc1cc(C=NNC(=O)CC(=O)Nc2cccc(Cl)c2Cl)cc(I)c1OCc1ccccc1C#N. The minimum atomic E-state index is -0.611. The fourth-order valence-corrected chi connectivity index (χ4v) is 4.15. The van der Waals surface area contributed by atoms with Crippen molar-refractivity contribution in [2.45, 2.75) is 13.0 Å². The number of nitrogens with one attached hydrogen (secondary N) is 2. The monoisotopic (exact) mass is 636 g/mol. The van der Waals surface area contributed by atoms with E-state index in [9.17, 15) is 14.9 Å². The van der Waals surface area contributed by atoms with E-state index in [2.05, 4.69) is 44.5 Å². The summed E-state index contributed by atoms with van der Waals surface area (Å²) in [6.45, 7) is 0.196. The third kappa shape index (κ3) is 7.34. The minimum Gasteiger partial charge on any atom is -0.493 e. The quantitative estimate of drug-likeness (QED) is 0.139. The molecule has 0 bridgehead atoms. The highest BCUT2D eigenvalue weighted by atomic mass is 127. The summed E-state index contributed by atoms with van der Waals surface area (Å²) < 4.78 is 12.1. The van der Waals surface area contributed by atoms with Crippen molar-refractivity contribution in [2.24, 2.45) is 5.10 Å². The van der Waals surface area contributed by atoms with Crippen LogP contribution in [0.1, 0.15) is 23.1 Å². The maximum Gasteiger partial charge on any atom is 0.249 e. The number of carbonyl (C=O) groups excluding carboxylic acids is 2. The number of amides is 2. The molecule has 3 aromatic carbocycles. The van der Waals surface area contributed by atoms with Crippen LogP contribution < -0.4 is 20.2 Å². The molecule has 0 aliphatic rings. The second kappa shape index (κ2) is 13.1. The Bertz CT molecular complexity index is 1360. The van der Waals surface area contributed by atoms with Gasteiger partial charge >= 0.3 is 0 Å². The van der Waals surface area contributed by atoms with E-state index in [1.54, 1.807) is 42.5 Å². The molecule has 0 saturated heterocycles. The number of hydrogen-bond donors (Lipinski definition) is 2. The number of methoxy groups -OCH3 is 1. The van der Waals surface area contributed by atoms with Crippen LogP contribution in [0.25, 0.3) is 0 Å². The van der Waals surface area contributed by atoms with Crippen LogP contribution in [0.3, 0.4) is 0 Å². The summed E-state index contributed by atoms with van der Waals surface area (Å²) in [5, 5.41) is 16.2. The predicted molar refractivity (Wildman–Crippen MR) is 147 cm³/mol. The molecule has 0 saturated carbocycles. The van der Waals surface area contributed by atoms with Gasteiger partial charge in [0, 0.05) is 5.56 Å². The van der Waals surface area contributed by atoms with Gasteiger partial charge in [0.15, 0.2) is 11.5 Å². The molecule has 36 heavy (non-hydrogen) atoms. The molecule has 2 N–H and O–H groups in total. The average Bonchev–Trinajstić information content (AvgIpc) is 2.86. The molecule has 11 heteroatoms. The van der Waals surface area contributed by atoms with Crippen LogP contribution in [0.5, 0.6) is 11.5 Å². The lowest BCUT2D eigenvalue weighted by Gasteiger charge is -2.14. The summed E-state index contributed by atoms with van der Waals surface area (Å²) in [7, 11) is 1.51. The minimum absolute atomic E-state index is 0.191. The van der Waals surface area contributed by atoms with Crippen molar-refractivity contribution in [1.82, 2.24) is 5.43 Å². The third-order valence-corrected chi connectivity index (χ3v) is 6.33. The highest BCUT2D eigenvalue weighted by Gasteiger charge is 2.14. The fourth-order valence-electron chi connectivity index (χ4n) is 3.02. The average molecular weight is 637 g/mol. The molecule has 3 aromatic rings. The maximum absolute atomic E-state index is 12.1. The van der Waals surface area contributed by atoms with Gasteiger partial charge in [-0.3, -0.25) is 9.59 Å². The number of nitrogens with zero attached hydrogens (tertiary/aromatic N) is 2. The fraction of sp³-hybridized carbons (Fsp3) is 0.120. The van der Waals surface area contributed by atoms with Crippen molar-refractivity contribution in [3.8, 4) is 17.6 Å². The molecule has 0 aromatic heterocycles. The number of carbonyl (C=O) groups is 2. The lowest BCUT2D eigenvalue weighted by atomic mass is 10.1.